The van der Waals surface area contributed by atoms with E-state index in [1.165, 1.54) is 5.56 Å². The van der Waals surface area contributed by atoms with Crippen LogP contribution in [0.15, 0.2) is 36.4 Å². The quantitative estimate of drug-likeness (QED) is 0.733. The van der Waals surface area contributed by atoms with Crippen molar-refractivity contribution in [3.63, 3.8) is 0 Å². The Balaban J connectivity index is 2.42. The van der Waals surface area contributed by atoms with Crippen molar-refractivity contribution < 1.29 is 9.84 Å². The van der Waals surface area contributed by atoms with Crippen LogP contribution in [0, 0.1) is 0 Å². The average molecular weight is 234 g/mol. The highest BCUT2D eigenvalue weighted by molar-refractivity contribution is 5.27. The summed E-state index contributed by atoms with van der Waals surface area (Å²) < 4.78 is 5.59. The minimum atomic E-state index is -0.237. The Morgan fingerprint density at radius 2 is 2.00 bits per heavy atom. The molecule has 17 heavy (non-hydrogen) atoms. The lowest BCUT2D eigenvalue weighted by molar-refractivity contribution is 0.185. The highest BCUT2D eigenvalue weighted by Crippen LogP contribution is 2.15. The summed E-state index contributed by atoms with van der Waals surface area (Å²) in [6.07, 6.45) is 2.41. The second-order valence-electron chi connectivity index (χ2n) is 4.42. The molecule has 1 aromatic rings. The molecule has 2 nitrogen and oxygen atoms in total. The number of aryl methyl sites for hydroxylation is 1. The molecule has 0 fully saturated rings. The van der Waals surface area contributed by atoms with Crippen molar-refractivity contribution >= 4 is 0 Å². The van der Waals surface area contributed by atoms with Crippen molar-refractivity contribution in [1.29, 1.82) is 0 Å². The van der Waals surface area contributed by atoms with Crippen LogP contribution in [0.25, 0.3) is 0 Å². The summed E-state index contributed by atoms with van der Waals surface area (Å²) in [5, 5.41) is 9.21. The van der Waals surface area contributed by atoms with Gasteiger partial charge in [0.15, 0.2) is 0 Å². The van der Waals surface area contributed by atoms with E-state index in [2.05, 4.69) is 13.5 Å². The van der Waals surface area contributed by atoms with E-state index < -0.39 is 0 Å². The van der Waals surface area contributed by atoms with E-state index in [-0.39, 0.29) is 6.10 Å². The number of ether oxygens (including phenoxy) is 1. The molecule has 2 heteroatoms. The van der Waals surface area contributed by atoms with Gasteiger partial charge in [0.05, 0.1) is 6.10 Å². The van der Waals surface area contributed by atoms with Crippen molar-refractivity contribution in [1.82, 2.24) is 0 Å². The third-order valence-electron chi connectivity index (χ3n) is 2.72. The first-order valence-corrected chi connectivity index (χ1v) is 6.18. The van der Waals surface area contributed by atoms with Crippen LogP contribution < -0.4 is 4.74 Å². The maximum atomic E-state index is 9.21. The first-order chi connectivity index (χ1) is 8.11. The predicted molar refractivity (Wildman–Crippen MR) is 71.4 cm³/mol. The third kappa shape index (κ3) is 5.55. The van der Waals surface area contributed by atoms with E-state index in [0.29, 0.717) is 6.61 Å². The lowest BCUT2D eigenvalue weighted by Crippen LogP contribution is -2.02. The molecule has 1 unspecified atom stereocenters. The summed E-state index contributed by atoms with van der Waals surface area (Å²) in [6.45, 7) is 8.38. The molecule has 0 spiro atoms. The summed E-state index contributed by atoms with van der Waals surface area (Å²) in [5.74, 6) is 0.875. The van der Waals surface area contributed by atoms with Crippen LogP contribution in [0.1, 0.15) is 32.3 Å². The standard InChI is InChI=1S/C15H22O2/c1-4-12(2)11-17-15-9-7-14(8-10-15)6-5-13(3)16/h7-10,13,16H,2,4-6,11H2,1,3H3. The monoisotopic (exact) mass is 234 g/mol. The molecule has 1 aromatic carbocycles. The largest absolute Gasteiger partial charge is 0.489 e. The molecule has 1 rings (SSSR count). The van der Waals surface area contributed by atoms with Crippen molar-refractivity contribution in [3.05, 3.63) is 42.0 Å². The first kappa shape index (κ1) is 13.8. The third-order valence-corrected chi connectivity index (χ3v) is 2.72. The second kappa shape index (κ2) is 7.13. The minimum absolute atomic E-state index is 0.237. The Labute approximate surface area is 104 Å². The number of aliphatic hydroxyl groups excluding tert-OH is 1. The van der Waals surface area contributed by atoms with Gasteiger partial charge in [-0.3, -0.25) is 0 Å². The van der Waals surface area contributed by atoms with Crippen molar-refractivity contribution in [3.8, 4) is 5.75 Å². The number of benzene rings is 1. The van der Waals surface area contributed by atoms with E-state index in [0.717, 1.165) is 30.6 Å². The van der Waals surface area contributed by atoms with E-state index in [1.54, 1.807) is 0 Å². The van der Waals surface area contributed by atoms with Crippen LogP contribution in [0.4, 0.5) is 0 Å². The highest BCUT2D eigenvalue weighted by atomic mass is 16.5. The van der Waals surface area contributed by atoms with Gasteiger partial charge >= 0.3 is 0 Å². The SMILES string of the molecule is C=C(CC)COc1ccc(CCC(C)O)cc1. The zero-order valence-electron chi connectivity index (χ0n) is 10.8. The maximum absolute atomic E-state index is 9.21. The van der Waals surface area contributed by atoms with Crippen LogP contribution in [-0.4, -0.2) is 17.8 Å². The summed E-state index contributed by atoms with van der Waals surface area (Å²) in [5.41, 5.74) is 2.33. The van der Waals surface area contributed by atoms with Crippen molar-refractivity contribution in [2.75, 3.05) is 6.61 Å². The molecule has 0 saturated carbocycles. The molecule has 1 N–H and O–H groups in total. The van der Waals surface area contributed by atoms with Gasteiger partial charge in [-0.1, -0.05) is 25.6 Å². The molecule has 0 aromatic heterocycles. The summed E-state index contributed by atoms with van der Waals surface area (Å²) in [7, 11) is 0. The van der Waals surface area contributed by atoms with Gasteiger partial charge in [-0.15, -0.1) is 0 Å². The van der Waals surface area contributed by atoms with Crippen LogP contribution >= 0.6 is 0 Å². The number of aliphatic hydroxyl groups is 1. The van der Waals surface area contributed by atoms with Crippen LogP contribution in [-0.2, 0) is 6.42 Å². The van der Waals surface area contributed by atoms with Gasteiger partial charge in [0, 0.05) is 0 Å². The van der Waals surface area contributed by atoms with Gasteiger partial charge < -0.3 is 9.84 Å². The molecule has 0 aliphatic rings. The Morgan fingerprint density at radius 1 is 1.35 bits per heavy atom. The second-order valence-corrected chi connectivity index (χ2v) is 4.42. The van der Waals surface area contributed by atoms with Gasteiger partial charge in [0.1, 0.15) is 12.4 Å². The fraction of sp³-hybridized carbons (Fsp3) is 0.467. The molecule has 0 radical (unpaired) electrons. The number of hydrogen-bond acceptors (Lipinski definition) is 2. The van der Waals surface area contributed by atoms with Crippen molar-refractivity contribution in [2.24, 2.45) is 0 Å². The Morgan fingerprint density at radius 3 is 2.53 bits per heavy atom. The highest BCUT2D eigenvalue weighted by Gasteiger charge is 1.99. The molecule has 0 bridgehead atoms. The maximum Gasteiger partial charge on any atom is 0.119 e. The summed E-state index contributed by atoms with van der Waals surface area (Å²) >= 11 is 0. The summed E-state index contributed by atoms with van der Waals surface area (Å²) in [4.78, 5) is 0. The van der Waals surface area contributed by atoms with Crippen LogP contribution in [0.2, 0.25) is 0 Å². The van der Waals surface area contributed by atoms with Crippen LogP contribution in [0.3, 0.4) is 0 Å². The molecular weight excluding hydrogens is 212 g/mol. The molecule has 1 atom stereocenters. The van der Waals surface area contributed by atoms with E-state index in [4.69, 9.17) is 4.74 Å². The van der Waals surface area contributed by atoms with Gasteiger partial charge in [-0.05, 0) is 49.5 Å². The zero-order chi connectivity index (χ0) is 12.7. The fourth-order valence-corrected chi connectivity index (χ4v) is 1.42. The Kier molecular flexibility index (Phi) is 5.78. The van der Waals surface area contributed by atoms with Crippen molar-refractivity contribution in [2.45, 2.75) is 39.2 Å². The Bertz CT molecular complexity index is 338. The van der Waals surface area contributed by atoms with Crippen LogP contribution in [0.5, 0.6) is 5.75 Å². The lowest BCUT2D eigenvalue weighted by Gasteiger charge is -2.08. The Hall–Kier alpha value is -1.28. The predicted octanol–water partition coefficient (Wildman–Crippen LogP) is 3.35. The minimum Gasteiger partial charge on any atom is -0.489 e. The lowest BCUT2D eigenvalue weighted by atomic mass is 10.1. The molecule has 0 amide bonds. The zero-order valence-corrected chi connectivity index (χ0v) is 10.8. The summed E-state index contributed by atoms with van der Waals surface area (Å²) in [6, 6.07) is 8.04. The normalized spacial score (nSPS) is 12.2. The topological polar surface area (TPSA) is 29.5 Å². The van der Waals surface area contributed by atoms with Gasteiger partial charge in [0.2, 0.25) is 0 Å². The van der Waals surface area contributed by atoms with E-state index in [1.807, 2.05) is 31.2 Å². The van der Waals surface area contributed by atoms with Gasteiger partial charge in [-0.2, -0.15) is 0 Å². The van der Waals surface area contributed by atoms with E-state index in [9.17, 15) is 5.11 Å². The molecule has 0 saturated heterocycles. The molecule has 94 valence electrons. The van der Waals surface area contributed by atoms with Gasteiger partial charge in [0.25, 0.3) is 0 Å². The fourth-order valence-electron chi connectivity index (χ4n) is 1.42. The average Bonchev–Trinajstić information content (AvgIpc) is 2.34. The smallest absolute Gasteiger partial charge is 0.119 e. The first-order valence-electron chi connectivity index (χ1n) is 6.18. The number of hydrogen-bond donors (Lipinski definition) is 1. The molecule has 0 aliphatic heterocycles. The van der Waals surface area contributed by atoms with Gasteiger partial charge in [-0.25, -0.2) is 0 Å². The molecule has 0 aliphatic carbocycles. The number of rotatable bonds is 7. The molecular formula is C15H22O2. The molecule has 0 heterocycles. The van der Waals surface area contributed by atoms with E-state index >= 15 is 0 Å².